The fourth-order valence-corrected chi connectivity index (χ4v) is 3.04. The molecule has 0 aliphatic rings. The molecule has 0 fully saturated rings. The van der Waals surface area contributed by atoms with E-state index in [1.807, 2.05) is 12.1 Å². The third kappa shape index (κ3) is 3.16. The van der Waals surface area contributed by atoms with Gasteiger partial charge in [0.2, 0.25) is 0 Å². The predicted molar refractivity (Wildman–Crippen MR) is 94.8 cm³/mol. The van der Waals surface area contributed by atoms with Gasteiger partial charge in [-0.25, -0.2) is 0 Å². The molecule has 1 N–H and O–H groups in total. The first-order valence-electron chi connectivity index (χ1n) is 6.74. The molecule has 108 valence electrons. The number of aryl methyl sites for hydroxylation is 1. The van der Waals surface area contributed by atoms with Gasteiger partial charge in [-0.3, -0.25) is 0 Å². The van der Waals surface area contributed by atoms with Crippen LogP contribution in [-0.2, 0) is 0 Å². The van der Waals surface area contributed by atoms with Crippen molar-refractivity contribution in [1.29, 1.82) is 0 Å². The van der Waals surface area contributed by atoms with Gasteiger partial charge in [0.05, 0.1) is 6.04 Å². The first kappa shape index (κ1) is 14.7. The molecule has 1 heterocycles. The van der Waals surface area contributed by atoms with Crippen LogP contribution in [0.5, 0.6) is 0 Å². The molecule has 0 radical (unpaired) electrons. The van der Waals surface area contributed by atoms with E-state index in [1.165, 1.54) is 5.56 Å². The van der Waals surface area contributed by atoms with E-state index in [0.29, 0.717) is 0 Å². The fraction of sp³-hybridized carbons (Fsp3) is 0.176. The second-order valence-electron chi connectivity index (χ2n) is 5.18. The molecule has 0 bridgehead atoms. The molecule has 0 aliphatic heterocycles. The molecule has 1 unspecified atom stereocenters. The Balaban J connectivity index is 1.89. The highest BCUT2D eigenvalue weighted by atomic mass is 79.9. The van der Waals surface area contributed by atoms with E-state index in [2.05, 4.69) is 81.4 Å². The molecule has 2 aromatic carbocycles. The molecule has 0 saturated carbocycles. The van der Waals surface area contributed by atoms with Crippen molar-refractivity contribution >= 4 is 48.5 Å². The van der Waals surface area contributed by atoms with E-state index in [-0.39, 0.29) is 6.04 Å². The number of hydrogen-bond donors (Lipinski definition) is 1. The van der Waals surface area contributed by atoms with Crippen LogP contribution >= 0.6 is 31.9 Å². The van der Waals surface area contributed by atoms with Gasteiger partial charge in [-0.1, -0.05) is 22.0 Å². The van der Waals surface area contributed by atoms with Crippen molar-refractivity contribution in [2.24, 2.45) is 0 Å². The zero-order chi connectivity index (χ0) is 15.0. The lowest BCUT2D eigenvalue weighted by Gasteiger charge is -2.14. The van der Waals surface area contributed by atoms with Gasteiger partial charge in [0.1, 0.15) is 11.3 Å². The Morgan fingerprint density at radius 1 is 1.05 bits per heavy atom. The summed E-state index contributed by atoms with van der Waals surface area (Å²) in [6.45, 7) is 4.18. The summed E-state index contributed by atoms with van der Waals surface area (Å²) in [5, 5.41) is 4.60. The standard InChI is InChI=1S/C17H15Br2NO/c1-10-3-5-14(19)15(7-10)20-11(2)17-9-12-8-13(18)4-6-16(12)21-17/h3-9,11,20H,1-2H3. The summed E-state index contributed by atoms with van der Waals surface area (Å²) in [5.41, 5.74) is 3.20. The van der Waals surface area contributed by atoms with Crippen molar-refractivity contribution in [3.05, 3.63) is 62.7 Å². The summed E-state index contributed by atoms with van der Waals surface area (Å²) >= 11 is 7.06. The third-order valence-electron chi connectivity index (χ3n) is 3.42. The Bertz CT molecular complexity index is 795. The van der Waals surface area contributed by atoms with E-state index in [4.69, 9.17) is 4.42 Å². The summed E-state index contributed by atoms with van der Waals surface area (Å²) in [6.07, 6.45) is 0. The van der Waals surface area contributed by atoms with Gasteiger partial charge in [0, 0.05) is 20.0 Å². The van der Waals surface area contributed by atoms with E-state index in [9.17, 15) is 0 Å². The van der Waals surface area contributed by atoms with Crippen LogP contribution in [0.3, 0.4) is 0 Å². The number of rotatable bonds is 3. The molecular formula is C17H15Br2NO. The topological polar surface area (TPSA) is 25.2 Å². The molecule has 21 heavy (non-hydrogen) atoms. The smallest absolute Gasteiger partial charge is 0.134 e. The average Bonchev–Trinajstić information content (AvgIpc) is 2.86. The van der Waals surface area contributed by atoms with Gasteiger partial charge in [0.25, 0.3) is 0 Å². The number of fused-ring (bicyclic) bond motifs is 1. The van der Waals surface area contributed by atoms with Crippen molar-refractivity contribution < 1.29 is 4.42 Å². The lowest BCUT2D eigenvalue weighted by Crippen LogP contribution is -2.06. The number of nitrogens with one attached hydrogen (secondary N) is 1. The minimum atomic E-state index is 0.0919. The van der Waals surface area contributed by atoms with Gasteiger partial charge in [0.15, 0.2) is 0 Å². The lowest BCUT2D eigenvalue weighted by atomic mass is 10.2. The lowest BCUT2D eigenvalue weighted by molar-refractivity contribution is 0.526. The van der Waals surface area contributed by atoms with Crippen LogP contribution in [0.1, 0.15) is 24.3 Å². The zero-order valence-electron chi connectivity index (χ0n) is 11.8. The van der Waals surface area contributed by atoms with Crippen LogP contribution in [0.15, 0.2) is 55.8 Å². The maximum atomic E-state index is 5.93. The molecular weight excluding hydrogens is 394 g/mol. The normalized spacial score (nSPS) is 12.6. The number of hydrogen-bond acceptors (Lipinski definition) is 2. The van der Waals surface area contributed by atoms with Crippen LogP contribution in [0, 0.1) is 6.92 Å². The van der Waals surface area contributed by atoms with Gasteiger partial charge in [-0.05, 0) is 71.7 Å². The molecule has 1 atom stereocenters. The Morgan fingerprint density at radius 3 is 2.67 bits per heavy atom. The highest BCUT2D eigenvalue weighted by Crippen LogP contribution is 2.31. The summed E-state index contributed by atoms with van der Waals surface area (Å²) in [4.78, 5) is 0. The summed E-state index contributed by atoms with van der Waals surface area (Å²) in [5.74, 6) is 0.927. The SMILES string of the molecule is Cc1ccc(Br)c(NC(C)c2cc3cc(Br)ccc3o2)c1. The second kappa shape index (κ2) is 5.85. The maximum absolute atomic E-state index is 5.93. The third-order valence-corrected chi connectivity index (χ3v) is 4.60. The van der Waals surface area contributed by atoms with E-state index < -0.39 is 0 Å². The predicted octanol–water partition coefficient (Wildman–Crippen LogP) is 6.44. The highest BCUT2D eigenvalue weighted by molar-refractivity contribution is 9.10. The van der Waals surface area contributed by atoms with Crippen LogP contribution in [0.4, 0.5) is 5.69 Å². The Labute approximate surface area is 140 Å². The maximum Gasteiger partial charge on any atom is 0.134 e. The molecule has 0 aliphatic carbocycles. The Kier molecular flexibility index (Phi) is 4.09. The molecule has 0 spiro atoms. The summed E-state index contributed by atoms with van der Waals surface area (Å²) < 4.78 is 8.04. The highest BCUT2D eigenvalue weighted by Gasteiger charge is 2.13. The first-order chi connectivity index (χ1) is 10.0. The largest absolute Gasteiger partial charge is 0.459 e. The fourth-order valence-electron chi connectivity index (χ4n) is 2.30. The van der Waals surface area contributed by atoms with E-state index in [0.717, 1.165) is 31.4 Å². The van der Waals surface area contributed by atoms with Crippen molar-refractivity contribution in [1.82, 2.24) is 0 Å². The van der Waals surface area contributed by atoms with Gasteiger partial charge < -0.3 is 9.73 Å². The van der Waals surface area contributed by atoms with Crippen LogP contribution in [0.25, 0.3) is 11.0 Å². The number of anilines is 1. The van der Waals surface area contributed by atoms with Crippen LogP contribution in [0.2, 0.25) is 0 Å². The number of halogens is 2. The van der Waals surface area contributed by atoms with Gasteiger partial charge in [-0.2, -0.15) is 0 Å². The van der Waals surface area contributed by atoms with Gasteiger partial charge >= 0.3 is 0 Å². The van der Waals surface area contributed by atoms with Gasteiger partial charge in [-0.15, -0.1) is 0 Å². The molecule has 1 aromatic heterocycles. The van der Waals surface area contributed by atoms with Crippen molar-refractivity contribution in [2.75, 3.05) is 5.32 Å². The molecule has 3 rings (SSSR count). The molecule has 2 nitrogen and oxygen atoms in total. The minimum absolute atomic E-state index is 0.0919. The quantitative estimate of drug-likeness (QED) is 0.539. The van der Waals surface area contributed by atoms with Crippen molar-refractivity contribution in [3.8, 4) is 0 Å². The molecule has 4 heteroatoms. The molecule has 0 amide bonds. The summed E-state index contributed by atoms with van der Waals surface area (Å²) in [6, 6.07) is 14.5. The van der Waals surface area contributed by atoms with E-state index >= 15 is 0 Å². The van der Waals surface area contributed by atoms with Crippen molar-refractivity contribution in [3.63, 3.8) is 0 Å². The zero-order valence-corrected chi connectivity index (χ0v) is 15.0. The first-order valence-corrected chi connectivity index (χ1v) is 8.33. The van der Waals surface area contributed by atoms with E-state index in [1.54, 1.807) is 0 Å². The minimum Gasteiger partial charge on any atom is -0.459 e. The monoisotopic (exact) mass is 407 g/mol. The van der Waals surface area contributed by atoms with Crippen LogP contribution < -0.4 is 5.32 Å². The second-order valence-corrected chi connectivity index (χ2v) is 6.95. The summed E-state index contributed by atoms with van der Waals surface area (Å²) in [7, 11) is 0. The average molecular weight is 409 g/mol. The van der Waals surface area contributed by atoms with Crippen LogP contribution in [-0.4, -0.2) is 0 Å². The molecule has 3 aromatic rings. The Morgan fingerprint density at radius 2 is 1.86 bits per heavy atom. The number of benzene rings is 2. The Hall–Kier alpha value is -1.26. The van der Waals surface area contributed by atoms with Crippen molar-refractivity contribution in [2.45, 2.75) is 19.9 Å². The molecule has 0 saturated heterocycles. The number of furan rings is 1.